The van der Waals surface area contributed by atoms with Gasteiger partial charge in [-0.2, -0.15) is 13.2 Å². The van der Waals surface area contributed by atoms with Crippen molar-refractivity contribution in [3.63, 3.8) is 0 Å². The van der Waals surface area contributed by atoms with Gasteiger partial charge in [0.05, 0.1) is 11.3 Å². The van der Waals surface area contributed by atoms with E-state index in [2.05, 4.69) is 5.16 Å². The number of hydrogen-bond donors (Lipinski definition) is 0. The highest BCUT2D eigenvalue weighted by atomic mass is 35.5. The summed E-state index contributed by atoms with van der Waals surface area (Å²) in [5.41, 5.74) is -0.129. The Morgan fingerprint density at radius 2 is 2.04 bits per heavy atom. The second kappa shape index (κ2) is 7.79. The Bertz CT molecular complexity index is 568. The van der Waals surface area contributed by atoms with Crippen molar-refractivity contribution in [2.45, 2.75) is 31.1 Å². The van der Waals surface area contributed by atoms with E-state index in [1.807, 2.05) is 4.90 Å². The third-order valence-electron chi connectivity index (χ3n) is 3.52. The molecular weight excluding hydrogens is 333 g/mol. The fourth-order valence-electron chi connectivity index (χ4n) is 2.24. The quantitative estimate of drug-likeness (QED) is 0.354. The average Bonchev–Trinajstić information content (AvgIpc) is 2.54. The Labute approximate surface area is 136 Å². The molecule has 1 saturated heterocycles. The number of likely N-dealkylation sites (tertiary alicyclic amines) is 1. The van der Waals surface area contributed by atoms with E-state index in [1.165, 1.54) is 6.07 Å². The van der Waals surface area contributed by atoms with E-state index in [-0.39, 0.29) is 6.61 Å². The van der Waals surface area contributed by atoms with Crippen LogP contribution in [0.25, 0.3) is 0 Å². The van der Waals surface area contributed by atoms with Gasteiger partial charge in [-0.1, -0.05) is 28.9 Å². The predicted octanol–water partition coefficient (Wildman–Crippen LogP) is 3.44. The zero-order chi connectivity index (χ0) is 16.9. The molecule has 1 heterocycles. The van der Waals surface area contributed by atoms with Gasteiger partial charge in [-0.15, -0.1) is 0 Å². The van der Waals surface area contributed by atoms with E-state index < -0.39 is 17.2 Å². The number of benzene rings is 1. The fraction of sp³-hybridized carbons (Fsp3) is 0.467. The van der Waals surface area contributed by atoms with Gasteiger partial charge < -0.3 is 9.63 Å². The lowest BCUT2D eigenvalue weighted by Crippen LogP contribution is -2.39. The molecule has 4 nitrogen and oxygen atoms in total. The maximum atomic E-state index is 12.6. The summed E-state index contributed by atoms with van der Waals surface area (Å²) in [7, 11) is 0. The fourth-order valence-corrected chi connectivity index (χ4v) is 2.44. The van der Waals surface area contributed by atoms with E-state index in [4.69, 9.17) is 16.4 Å². The molecule has 1 atom stereocenters. The van der Waals surface area contributed by atoms with Gasteiger partial charge in [0.2, 0.25) is 0 Å². The molecule has 1 fully saturated rings. The minimum atomic E-state index is -4.37. The molecule has 0 saturated carbocycles. The zero-order valence-electron chi connectivity index (χ0n) is 12.2. The van der Waals surface area contributed by atoms with Crippen molar-refractivity contribution in [3.8, 4) is 0 Å². The molecule has 0 bridgehead atoms. The summed E-state index contributed by atoms with van der Waals surface area (Å²) >= 11 is 5.82. The van der Waals surface area contributed by atoms with E-state index in [1.54, 1.807) is 6.07 Å². The van der Waals surface area contributed by atoms with Gasteiger partial charge in [0, 0.05) is 25.9 Å². The summed E-state index contributed by atoms with van der Waals surface area (Å²) in [6, 6.07) is 4.96. The lowest BCUT2D eigenvalue weighted by molar-refractivity contribution is -0.137. The molecule has 0 amide bonds. The number of rotatable bonds is 5. The first-order valence-electron chi connectivity index (χ1n) is 7.07. The van der Waals surface area contributed by atoms with Crippen LogP contribution < -0.4 is 0 Å². The number of halogens is 4. The molecule has 0 spiro atoms. The van der Waals surface area contributed by atoms with Crippen molar-refractivity contribution in [1.82, 2.24) is 4.90 Å². The van der Waals surface area contributed by atoms with Gasteiger partial charge in [0.25, 0.3) is 0 Å². The second-order valence-electron chi connectivity index (χ2n) is 5.17. The Balaban J connectivity index is 1.85. The van der Waals surface area contributed by atoms with Gasteiger partial charge in [-0.3, -0.25) is 4.90 Å². The first kappa shape index (κ1) is 17.7. The number of carbonyl (C=O) groups is 1. The monoisotopic (exact) mass is 348 g/mol. The number of nitrogens with zero attached hydrogens (tertiary/aromatic N) is 2. The van der Waals surface area contributed by atoms with Crippen molar-refractivity contribution >= 4 is 23.6 Å². The van der Waals surface area contributed by atoms with Gasteiger partial charge >= 0.3 is 6.18 Å². The summed E-state index contributed by atoms with van der Waals surface area (Å²) in [6.45, 7) is 1.17. The smallest absolute Gasteiger partial charge is 0.391 e. The lowest BCUT2D eigenvalue weighted by Gasteiger charge is -2.28. The summed E-state index contributed by atoms with van der Waals surface area (Å²) in [4.78, 5) is 17.6. The molecule has 0 N–H and O–H groups in total. The van der Waals surface area contributed by atoms with Crippen molar-refractivity contribution < 1.29 is 22.8 Å². The summed E-state index contributed by atoms with van der Waals surface area (Å²) < 4.78 is 37.8. The van der Waals surface area contributed by atoms with Crippen LogP contribution in [0.3, 0.4) is 0 Å². The number of carbonyl (C=O) groups excluding carboxylic acids is 1. The first-order valence-corrected chi connectivity index (χ1v) is 7.51. The molecule has 0 radical (unpaired) electrons. The Kier molecular flexibility index (Phi) is 6.01. The van der Waals surface area contributed by atoms with Crippen LogP contribution in [0.2, 0.25) is 0 Å². The van der Waals surface area contributed by atoms with E-state index in [0.717, 1.165) is 17.8 Å². The Morgan fingerprint density at radius 3 is 2.65 bits per heavy atom. The first-order chi connectivity index (χ1) is 10.9. The minimum Gasteiger partial charge on any atom is -0.391 e. The highest BCUT2D eigenvalue weighted by Gasteiger charge is 2.30. The summed E-state index contributed by atoms with van der Waals surface area (Å²) in [5.74, 6) is 0. The van der Waals surface area contributed by atoms with E-state index >= 15 is 0 Å². The zero-order valence-corrected chi connectivity index (χ0v) is 13.0. The SMILES string of the molecule is O=CC(Cl)N1CCC(=NOCc2cccc(C(F)(F)F)c2)CC1. The average molecular weight is 349 g/mol. The number of oxime groups is 1. The van der Waals surface area contributed by atoms with Gasteiger partial charge in [-0.05, 0) is 17.7 Å². The van der Waals surface area contributed by atoms with Crippen LogP contribution in [0.15, 0.2) is 29.4 Å². The topological polar surface area (TPSA) is 41.9 Å². The summed E-state index contributed by atoms with van der Waals surface area (Å²) in [5, 5.41) is 3.97. The van der Waals surface area contributed by atoms with Crippen LogP contribution in [0, 0.1) is 0 Å². The molecule has 2 rings (SSSR count). The molecule has 23 heavy (non-hydrogen) atoms. The molecule has 1 aliphatic heterocycles. The highest BCUT2D eigenvalue weighted by molar-refractivity contribution is 6.27. The van der Waals surface area contributed by atoms with Crippen molar-refractivity contribution in [2.75, 3.05) is 13.1 Å². The van der Waals surface area contributed by atoms with Crippen molar-refractivity contribution in [1.29, 1.82) is 0 Å². The third kappa shape index (κ3) is 5.21. The maximum Gasteiger partial charge on any atom is 0.416 e. The molecule has 1 aromatic rings. The third-order valence-corrected chi connectivity index (χ3v) is 3.89. The van der Waals surface area contributed by atoms with Gasteiger partial charge in [0.15, 0.2) is 6.29 Å². The number of alkyl halides is 4. The number of hydrogen-bond acceptors (Lipinski definition) is 4. The molecule has 126 valence electrons. The largest absolute Gasteiger partial charge is 0.416 e. The molecule has 1 unspecified atom stereocenters. The second-order valence-corrected chi connectivity index (χ2v) is 5.62. The molecular formula is C15H16ClF3N2O2. The molecule has 1 aliphatic rings. The van der Waals surface area contributed by atoms with E-state index in [0.29, 0.717) is 37.8 Å². The van der Waals surface area contributed by atoms with Gasteiger partial charge in [0.1, 0.15) is 12.1 Å². The normalized spacial score (nSPS) is 17.7. The van der Waals surface area contributed by atoms with Crippen LogP contribution in [-0.4, -0.2) is 35.5 Å². The molecule has 8 heteroatoms. The number of aldehydes is 1. The van der Waals surface area contributed by atoms with Crippen LogP contribution in [0.4, 0.5) is 13.2 Å². The number of piperidine rings is 1. The van der Waals surface area contributed by atoms with Crippen molar-refractivity contribution in [3.05, 3.63) is 35.4 Å². The molecule has 0 aromatic heterocycles. The van der Waals surface area contributed by atoms with Crippen LogP contribution in [0.1, 0.15) is 24.0 Å². The Morgan fingerprint density at radius 1 is 1.35 bits per heavy atom. The van der Waals surface area contributed by atoms with Gasteiger partial charge in [-0.25, -0.2) is 0 Å². The molecule has 0 aliphatic carbocycles. The standard InChI is InChI=1S/C15H16ClF3N2O2/c16-14(9-22)21-6-4-13(5-7-21)20-23-10-11-2-1-3-12(8-11)15(17,18)19/h1-3,8-9,14H,4-7,10H2. The summed E-state index contributed by atoms with van der Waals surface area (Å²) in [6.07, 6.45) is -2.47. The molecule has 1 aromatic carbocycles. The van der Waals surface area contributed by atoms with Crippen LogP contribution in [-0.2, 0) is 22.4 Å². The lowest BCUT2D eigenvalue weighted by atomic mass is 10.1. The van der Waals surface area contributed by atoms with Crippen LogP contribution >= 0.6 is 11.6 Å². The maximum absolute atomic E-state index is 12.6. The predicted molar refractivity (Wildman–Crippen MR) is 80.2 cm³/mol. The highest BCUT2D eigenvalue weighted by Crippen LogP contribution is 2.29. The van der Waals surface area contributed by atoms with Crippen molar-refractivity contribution in [2.24, 2.45) is 5.16 Å². The van der Waals surface area contributed by atoms with E-state index in [9.17, 15) is 18.0 Å². The van der Waals surface area contributed by atoms with Crippen LogP contribution in [0.5, 0.6) is 0 Å². The Hall–Kier alpha value is -1.60. The minimum absolute atomic E-state index is 0.0242.